The number of carbonyl (C=O) groups excluding carboxylic acids is 1. The molecule has 0 N–H and O–H groups in total. The van der Waals surface area contributed by atoms with Gasteiger partial charge in [0.2, 0.25) is 0 Å². The zero-order valence-corrected chi connectivity index (χ0v) is 14.8. The second kappa shape index (κ2) is 5.53. The van der Waals surface area contributed by atoms with Crippen LogP contribution < -0.4 is 0 Å². The number of rotatable bonds is 2. The van der Waals surface area contributed by atoms with E-state index in [1.54, 1.807) is 0 Å². The SMILES string of the molecule is CC(=O)ON=C(C)c1cc(C(C)(C)C)cc2c1CCC2(C)C. The molecular weight excluding hydrogens is 274 g/mol. The van der Waals surface area contributed by atoms with Crippen molar-refractivity contribution in [3.63, 3.8) is 0 Å². The molecule has 0 heterocycles. The smallest absolute Gasteiger partial charge is 0.318 e. The molecule has 3 heteroatoms. The van der Waals surface area contributed by atoms with Gasteiger partial charge in [0, 0.05) is 12.5 Å². The summed E-state index contributed by atoms with van der Waals surface area (Å²) in [4.78, 5) is 15.9. The molecule has 0 saturated heterocycles. The Balaban J connectivity index is 2.61. The fourth-order valence-corrected chi connectivity index (χ4v) is 3.06. The molecule has 3 nitrogen and oxygen atoms in total. The van der Waals surface area contributed by atoms with Crippen LogP contribution in [0.4, 0.5) is 0 Å². The Morgan fingerprint density at radius 1 is 1.23 bits per heavy atom. The van der Waals surface area contributed by atoms with E-state index in [0.717, 1.165) is 24.1 Å². The number of oxime groups is 1. The summed E-state index contributed by atoms with van der Waals surface area (Å²) in [6.45, 7) is 14.5. The van der Waals surface area contributed by atoms with E-state index in [1.807, 2.05) is 6.92 Å². The third-order valence-corrected chi connectivity index (χ3v) is 4.55. The van der Waals surface area contributed by atoms with Crippen molar-refractivity contribution in [2.24, 2.45) is 5.16 Å². The second-order valence-corrected chi connectivity index (χ2v) is 7.94. The quantitative estimate of drug-likeness (QED) is 0.458. The van der Waals surface area contributed by atoms with Crippen molar-refractivity contribution in [3.8, 4) is 0 Å². The molecule has 2 rings (SSSR count). The van der Waals surface area contributed by atoms with E-state index in [0.29, 0.717) is 0 Å². The lowest BCUT2D eigenvalue weighted by Gasteiger charge is -2.26. The summed E-state index contributed by atoms with van der Waals surface area (Å²) in [6, 6.07) is 4.56. The van der Waals surface area contributed by atoms with Gasteiger partial charge >= 0.3 is 5.97 Å². The normalized spacial score (nSPS) is 17.3. The van der Waals surface area contributed by atoms with Crippen LogP contribution in [0.2, 0.25) is 0 Å². The van der Waals surface area contributed by atoms with Gasteiger partial charge in [-0.2, -0.15) is 0 Å². The van der Waals surface area contributed by atoms with Crippen molar-refractivity contribution in [1.29, 1.82) is 0 Å². The van der Waals surface area contributed by atoms with Crippen molar-refractivity contribution in [2.75, 3.05) is 0 Å². The van der Waals surface area contributed by atoms with Crippen LogP contribution in [0.1, 0.15) is 77.1 Å². The van der Waals surface area contributed by atoms with Gasteiger partial charge < -0.3 is 4.84 Å². The monoisotopic (exact) mass is 301 g/mol. The zero-order valence-electron chi connectivity index (χ0n) is 14.8. The molecule has 0 atom stereocenters. The highest BCUT2D eigenvalue weighted by atomic mass is 16.7. The number of nitrogens with zero attached hydrogens (tertiary/aromatic N) is 1. The third-order valence-electron chi connectivity index (χ3n) is 4.55. The van der Waals surface area contributed by atoms with Gasteiger partial charge in [-0.15, -0.1) is 0 Å². The predicted octanol–water partition coefficient (Wildman–Crippen LogP) is 4.50. The number of fused-ring (bicyclic) bond motifs is 1. The zero-order chi connectivity index (χ0) is 16.7. The average molecular weight is 301 g/mol. The Labute approximate surface area is 133 Å². The number of benzene rings is 1. The Bertz CT molecular complexity index is 634. The van der Waals surface area contributed by atoms with Crippen LogP contribution in [0.5, 0.6) is 0 Å². The molecule has 1 aromatic carbocycles. The van der Waals surface area contributed by atoms with Gasteiger partial charge in [0.05, 0.1) is 5.71 Å². The third kappa shape index (κ3) is 3.23. The van der Waals surface area contributed by atoms with E-state index in [4.69, 9.17) is 4.84 Å². The number of hydrogen-bond donors (Lipinski definition) is 0. The largest absolute Gasteiger partial charge is 0.331 e. The predicted molar refractivity (Wildman–Crippen MR) is 90.5 cm³/mol. The Morgan fingerprint density at radius 2 is 1.86 bits per heavy atom. The number of carbonyl (C=O) groups is 1. The fourth-order valence-electron chi connectivity index (χ4n) is 3.06. The molecule has 1 aliphatic rings. The van der Waals surface area contributed by atoms with E-state index in [9.17, 15) is 4.79 Å². The average Bonchev–Trinajstić information content (AvgIpc) is 2.70. The van der Waals surface area contributed by atoms with E-state index >= 15 is 0 Å². The highest BCUT2D eigenvalue weighted by Crippen LogP contribution is 2.42. The van der Waals surface area contributed by atoms with Crippen molar-refractivity contribution in [1.82, 2.24) is 0 Å². The molecule has 0 unspecified atom stereocenters. The molecule has 1 aliphatic carbocycles. The Kier molecular flexibility index (Phi) is 4.20. The Morgan fingerprint density at radius 3 is 2.41 bits per heavy atom. The van der Waals surface area contributed by atoms with Crippen LogP contribution >= 0.6 is 0 Å². The molecule has 120 valence electrons. The first-order chi connectivity index (χ1) is 10.0. The molecule has 1 aromatic rings. The van der Waals surface area contributed by atoms with Crippen molar-refractivity contribution in [3.05, 3.63) is 34.4 Å². The lowest BCUT2D eigenvalue weighted by Crippen LogP contribution is -2.18. The van der Waals surface area contributed by atoms with E-state index in [2.05, 4.69) is 51.9 Å². The molecule has 0 radical (unpaired) electrons. The minimum atomic E-state index is -0.386. The first kappa shape index (κ1) is 16.7. The summed E-state index contributed by atoms with van der Waals surface area (Å²) in [5.74, 6) is -0.386. The molecule has 0 aliphatic heterocycles. The molecule has 22 heavy (non-hydrogen) atoms. The van der Waals surface area contributed by atoms with Crippen LogP contribution in [0.15, 0.2) is 17.3 Å². The minimum absolute atomic E-state index is 0.0736. The molecule has 0 amide bonds. The van der Waals surface area contributed by atoms with Gasteiger partial charge in [0.15, 0.2) is 0 Å². The topological polar surface area (TPSA) is 38.7 Å². The van der Waals surface area contributed by atoms with Gasteiger partial charge in [0.25, 0.3) is 0 Å². The van der Waals surface area contributed by atoms with Crippen molar-refractivity contribution < 1.29 is 9.63 Å². The maximum absolute atomic E-state index is 11.0. The second-order valence-electron chi connectivity index (χ2n) is 7.94. The maximum atomic E-state index is 11.0. The van der Waals surface area contributed by atoms with E-state index in [1.165, 1.54) is 23.6 Å². The number of hydrogen-bond acceptors (Lipinski definition) is 3. The van der Waals surface area contributed by atoms with Crippen LogP contribution in [0.3, 0.4) is 0 Å². The van der Waals surface area contributed by atoms with Gasteiger partial charge in [0.1, 0.15) is 0 Å². The standard InChI is InChI=1S/C19H27NO2/c1-12(20-22-13(2)21)16-10-14(18(3,4)5)11-17-15(16)8-9-19(17,6)7/h10-11H,8-9H2,1-7H3. The van der Waals surface area contributed by atoms with Crippen molar-refractivity contribution in [2.45, 2.75) is 72.1 Å². The lowest BCUT2D eigenvalue weighted by molar-refractivity contribution is -0.140. The van der Waals surface area contributed by atoms with Gasteiger partial charge in [-0.25, -0.2) is 4.79 Å². The van der Waals surface area contributed by atoms with Crippen molar-refractivity contribution >= 4 is 11.7 Å². The molecule has 0 bridgehead atoms. The van der Waals surface area contributed by atoms with Gasteiger partial charge in [-0.1, -0.05) is 45.8 Å². The highest BCUT2D eigenvalue weighted by Gasteiger charge is 2.33. The summed E-state index contributed by atoms with van der Waals surface area (Å²) < 4.78 is 0. The Hall–Kier alpha value is -1.64. The van der Waals surface area contributed by atoms with E-state index in [-0.39, 0.29) is 16.8 Å². The maximum Gasteiger partial charge on any atom is 0.331 e. The summed E-state index contributed by atoms with van der Waals surface area (Å²) in [6.07, 6.45) is 2.19. The molecule has 0 aromatic heterocycles. The van der Waals surface area contributed by atoms with E-state index < -0.39 is 0 Å². The molecule has 0 fully saturated rings. The van der Waals surface area contributed by atoms with Crippen LogP contribution in [0, 0.1) is 0 Å². The van der Waals surface area contributed by atoms with Gasteiger partial charge in [-0.05, 0) is 53.4 Å². The lowest BCUT2D eigenvalue weighted by atomic mass is 9.79. The first-order valence-corrected chi connectivity index (χ1v) is 7.93. The molecule has 0 saturated carbocycles. The fraction of sp³-hybridized carbons (Fsp3) is 0.579. The summed E-state index contributed by atoms with van der Waals surface area (Å²) in [5.41, 5.74) is 6.22. The first-order valence-electron chi connectivity index (χ1n) is 7.93. The summed E-state index contributed by atoms with van der Waals surface area (Å²) >= 11 is 0. The van der Waals surface area contributed by atoms with Gasteiger partial charge in [-0.3, -0.25) is 0 Å². The summed E-state index contributed by atoms with van der Waals surface area (Å²) in [7, 11) is 0. The van der Waals surface area contributed by atoms with Crippen LogP contribution in [-0.2, 0) is 26.9 Å². The minimum Gasteiger partial charge on any atom is -0.318 e. The summed E-state index contributed by atoms with van der Waals surface area (Å²) in [5, 5.41) is 4.01. The molecule has 0 spiro atoms. The van der Waals surface area contributed by atoms with Crippen LogP contribution in [-0.4, -0.2) is 11.7 Å². The molecular formula is C19H27NO2. The van der Waals surface area contributed by atoms with Crippen LogP contribution in [0.25, 0.3) is 0 Å². The highest BCUT2D eigenvalue weighted by molar-refractivity contribution is 6.00.